The molecule has 1 fully saturated rings. The van der Waals surface area contributed by atoms with Gasteiger partial charge in [-0.05, 0) is 25.5 Å². The van der Waals surface area contributed by atoms with Crippen LogP contribution in [-0.2, 0) is 6.54 Å². The summed E-state index contributed by atoms with van der Waals surface area (Å²) in [5, 5.41) is 16.6. The average Bonchev–Trinajstić information content (AvgIpc) is 3.23. The van der Waals surface area contributed by atoms with Crippen molar-refractivity contribution >= 4 is 29.1 Å². The molecular weight excluding hydrogens is 328 g/mol. The number of thioether (sulfide) groups is 1. The van der Waals surface area contributed by atoms with E-state index in [1.54, 1.807) is 0 Å². The summed E-state index contributed by atoms with van der Waals surface area (Å²) in [4.78, 5) is 12.0. The summed E-state index contributed by atoms with van der Waals surface area (Å²) in [6, 6.07) is 10.1. The maximum absolute atomic E-state index is 12.0. The Morgan fingerprint density at radius 3 is 2.87 bits per heavy atom. The lowest BCUT2D eigenvalue weighted by Crippen LogP contribution is -2.40. The van der Waals surface area contributed by atoms with E-state index in [-0.39, 0.29) is 6.03 Å². The summed E-state index contributed by atoms with van der Waals surface area (Å²) in [7, 11) is 0. The third-order valence-corrected chi connectivity index (χ3v) is 6.01. The molecular formula is C16H20N4OS2. The number of aromatic nitrogens is 2. The quantitative estimate of drug-likeness (QED) is 0.870. The fourth-order valence-electron chi connectivity index (χ4n) is 2.70. The van der Waals surface area contributed by atoms with Crippen molar-refractivity contribution in [3.8, 4) is 10.6 Å². The van der Waals surface area contributed by atoms with E-state index in [4.69, 9.17) is 0 Å². The first-order valence-corrected chi connectivity index (χ1v) is 9.80. The zero-order valence-corrected chi connectivity index (χ0v) is 14.6. The van der Waals surface area contributed by atoms with Gasteiger partial charge in [0.2, 0.25) is 0 Å². The molecule has 0 aliphatic heterocycles. The number of carbonyl (C=O) groups excluding carboxylic acids is 1. The molecule has 0 saturated heterocycles. The molecule has 2 aromatic rings. The Bertz CT molecular complexity index is 647. The molecule has 1 heterocycles. The lowest BCUT2D eigenvalue weighted by molar-refractivity contribution is 0.236. The predicted octanol–water partition coefficient (Wildman–Crippen LogP) is 3.29. The van der Waals surface area contributed by atoms with Crippen LogP contribution >= 0.6 is 23.1 Å². The third-order valence-electron chi connectivity index (χ3n) is 3.94. The average molecular weight is 348 g/mol. The van der Waals surface area contributed by atoms with E-state index in [0.717, 1.165) is 28.4 Å². The Morgan fingerprint density at radius 2 is 2.13 bits per heavy atom. The van der Waals surface area contributed by atoms with Crippen molar-refractivity contribution in [3.63, 3.8) is 0 Å². The minimum absolute atomic E-state index is 0.117. The van der Waals surface area contributed by atoms with E-state index in [0.29, 0.717) is 17.8 Å². The Balaban J connectivity index is 1.47. The lowest BCUT2D eigenvalue weighted by atomic mass is 10.2. The topological polar surface area (TPSA) is 66.9 Å². The van der Waals surface area contributed by atoms with E-state index in [1.165, 1.54) is 17.8 Å². The summed E-state index contributed by atoms with van der Waals surface area (Å²) >= 11 is 3.39. The van der Waals surface area contributed by atoms with Crippen LogP contribution < -0.4 is 10.6 Å². The highest BCUT2D eigenvalue weighted by Gasteiger charge is 2.25. The van der Waals surface area contributed by atoms with E-state index >= 15 is 0 Å². The van der Waals surface area contributed by atoms with E-state index in [1.807, 2.05) is 42.1 Å². The van der Waals surface area contributed by atoms with Crippen LogP contribution in [0.4, 0.5) is 4.79 Å². The maximum atomic E-state index is 12.0. The largest absolute Gasteiger partial charge is 0.335 e. The Morgan fingerprint density at radius 1 is 1.30 bits per heavy atom. The molecule has 1 saturated carbocycles. The standard InChI is InChI=1S/C16H20N4OS2/c1-22-13-8-7-12(9-13)18-16(21)17-10-14-19-20-15(23-14)11-5-3-2-4-6-11/h2-6,12-13H,7-10H2,1H3,(H2,17,18,21). The fraction of sp³-hybridized carbons (Fsp3) is 0.438. The highest BCUT2D eigenvalue weighted by atomic mass is 32.2. The van der Waals surface area contributed by atoms with Crippen molar-refractivity contribution < 1.29 is 4.79 Å². The van der Waals surface area contributed by atoms with Gasteiger partial charge >= 0.3 is 6.03 Å². The first kappa shape index (κ1) is 16.3. The van der Waals surface area contributed by atoms with Gasteiger partial charge in [-0.1, -0.05) is 41.7 Å². The Kier molecular flexibility index (Phi) is 5.51. The van der Waals surface area contributed by atoms with Gasteiger partial charge < -0.3 is 10.6 Å². The molecule has 1 aliphatic carbocycles. The molecule has 3 rings (SSSR count). The number of urea groups is 1. The zero-order valence-electron chi connectivity index (χ0n) is 13.0. The SMILES string of the molecule is CSC1CCC(NC(=O)NCc2nnc(-c3ccccc3)s2)C1. The second-order valence-electron chi connectivity index (χ2n) is 5.56. The third kappa shape index (κ3) is 4.45. The van der Waals surface area contributed by atoms with E-state index in [2.05, 4.69) is 27.1 Å². The number of carbonyl (C=O) groups is 1. The van der Waals surface area contributed by atoms with Crippen LogP contribution in [0.5, 0.6) is 0 Å². The number of amides is 2. The highest BCUT2D eigenvalue weighted by molar-refractivity contribution is 7.99. The number of benzene rings is 1. The van der Waals surface area contributed by atoms with Crippen molar-refractivity contribution in [2.45, 2.75) is 37.1 Å². The van der Waals surface area contributed by atoms with Crippen molar-refractivity contribution in [3.05, 3.63) is 35.3 Å². The minimum Gasteiger partial charge on any atom is -0.335 e. The van der Waals surface area contributed by atoms with Gasteiger partial charge in [0.15, 0.2) is 0 Å². The maximum Gasteiger partial charge on any atom is 0.315 e. The van der Waals surface area contributed by atoms with Gasteiger partial charge in [-0.25, -0.2) is 4.79 Å². The molecule has 2 amide bonds. The van der Waals surface area contributed by atoms with Gasteiger partial charge in [0.05, 0.1) is 6.54 Å². The minimum atomic E-state index is -0.117. The molecule has 122 valence electrons. The summed E-state index contributed by atoms with van der Waals surface area (Å²) in [6.45, 7) is 0.412. The molecule has 0 radical (unpaired) electrons. The first-order chi connectivity index (χ1) is 11.2. The molecule has 5 nitrogen and oxygen atoms in total. The second kappa shape index (κ2) is 7.79. The lowest BCUT2D eigenvalue weighted by Gasteiger charge is -2.13. The molecule has 0 spiro atoms. The number of hydrogen-bond donors (Lipinski definition) is 2. The number of rotatable bonds is 5. The number of hydrogen-bond acceptors (Lipinski definition) is 5. The van der Waals surface area contributed by atoms with E-state index < -0.39 is 0 Å². The van der Waals surface area contributed by atoms with Crippen LogP contribution in [0.15, 0.2) is 30.3 Å². The summed E-state index contributed by atoms with van der Waals surface area (Å²) < 4.78 is 0. The normalized spacial score (nSPS) is 20.4. The predicted molar refractivity (Wildman–Crippen MR) is 95.7 cm³/mol. The van der Waals surface area contributed by atoms with Gasteiger partial charge in [0.1, 0.15) is 10.0 Å². The Hall–Kier alpha value is -1.60. The highest BCUT2D eigenvalue weighted by Crippen LogP contribution is 2.28. The van der Waals surface area contributed by atoms with Crippen molar-refractivity contribution in [2.75, 3.05) is 6.26 Å². The van der Waals surface area contributed by atoms with Gasteiger partial charge in [0.25, 0.3) is 0 Å². The molecule has 2 unspecified atom stereocenters. The summed E-state index contributed by atoms with van der Waals surface area (Å²) in [5.41, 5.74) is 1.05. The molecule has 2 atom stereocenters. The molecule has 1 aromatic carbocycles. The van der Waals surface area contributed by atoms with Crippen molar-refractivity contribution in [1.29, 1.82) is 0 Å². The van der Waals surface area contributed by atoms with Crippen LogP contribution in [0.1, 0.15) is 24.3 Å². The first-order valence-electron chi connectivity index (χ1n) is 7.69. The van der Waals surface area contributed by atoms with Crippen LogP contribution in [0.3, 0.4) is 0 Å². The van der Waals surface area contributed by atoms with Crippen LogP contribution in [0.2, 0.25) is 0 Å². The summed E-state index contributed by atoms with van der Waals surface area (Å²) in [5.74, 6) is 0. The molecule has 1 aliphatic rings. The summed E-state index contributed by atoms with van der Waals surface area (Å²) in [6.07, 6.45) is 5.44. The second-order valence-corrected chi connectivity index (χ2v) is 7.76. The molecule has 1 aromatic heterocycles. The van der Waals surface area contributed by atoms with E-state index in [9.17, 15) is 4.79 Å². The van der Waals surface area contributed by atoms with Crippen molar-refractivity contribution in [2.24, 2.45) is 0 Å². The van der Waals surface area contributed by atoms with Gasteiger partial charge in [-0.3, -0.25) is 0 Å². The smallest absolute Gasteiger partial charge is 0.315 e. The molecule has 23 heavy (non-hydrogen) atoms. The fourth-order valence-corrected chi connectivity index (χ4v) is 4.28. The van der Waals surface area contributed by atoms with Gasteiger partial charge in [-0.2, -0.15) is 11.8 Å². The molecule has 0 bridgehead atoms. The van der Waals surface area contributed by atoms with Crippen LogP contribution in [-0.4, -0.2) is 33.8 Å². The van der Waals surface area contributed by atoms with Gasteiger partial charge in [0, 0.05) is 16.9 Å². The van der Waals surface area contributed by atoms with Gasteiger partial charge in [-0.15, -0.1) is 10.2 Å². The monoisotopic (exact) mass is 348 g/mol. The molecule has 2 N–H and O–H groups in total. The Labute approximate surface area is 144 Å². The molecule has 7 heteroatoms. The van der Waals surface area contributed by atoms with Crippen LogP contribution in [0, 0.1) is 0 Å². The van der Waals surface area contributed by atoms with Crippen LogP contribution in [0.25, 0.3) is 10.6 Å². The number of nitrogens with one attached hydrogen (secondary N) is 2. The number of nitrogens with zero attached hydrogens (tertiary/aromatic N) is 2. The van der Waals surface area contributed by atoms with Crippen molar-refractivity contribution in [1.82, 2.24) is 20.8 Å². The zero-order chi connectivity index (χ0) is 16.1.